The van der Waals surface area contributed by atoms with Crippen molar-refractivity contribution in [3.8, 4) is 0 Å². The number of hydrogen-bond donors (Lipinski definition) is 0. The van der Waals surface area contributed by atoms with E-state index in [4.69, 9.17) is 0 Å². The number of likely N-dealkylation sites (tertiary alicyclic amines) is 2. The summed E-state index contributed by atoms with van der Waals surface area (Å²) in [6.07, 6.45) is 1.77. The predicted molar refractivity (Wildman–Crippen MR) is 88.5 cm³/mol. The summed E-state index contributed by atoms with van der Waals surface area (Å²) in [7, 11) is 0. The van der Waals surface area contributed by atoms with Crippen molar-refractivity contribution in [1.82, 2.24) is 9.80 Å². The van der Waals surface area contributed by atoms with Gasteiger partial charge >= 0.3 is 0 Å². The van der Waals surface area contributed by atoms with E-state index in [1.54, 1.807) is 0 Å². The lowest BCUT2D eigenvalue weighted by Gasteiger charge is -2.49. The molecule has 0 N–H and O–H groups in total. The van der Waals surface area contributed by atoms with Crippen LogP contribution in [0.25, 0.3) is 0 Å². The van der Waals surface area contributed by atoms with E-state index in [1.807, 2.05) is 37.5 Å². The highest BCUT2D eigenvalue weighted by atomic mass is 19.3. The standard InChI is InChI=1S/C18H32F2N2O/c1-13(2)15(16(19)20)21-9-5-18(6-10-21)7-11-22(12-8-18)17(23)14(3)4/h13-16H,5-12H2,1-4H3. The highest BCUT2D eigenvalue weighted by Gasteiger charge is 2.41. The van der Waals surface area contributed by atoms with Crippen molar-refractivity contribution in [3.05, 3.63) is 0 Å². The summed E-state index contributed by atoms with van der Waals surface area (Å²) < 4.78 is 26.6. The maximum atomic E-state index is 13.3. The molecule has 2 aliphatic rings. The zero-order valence-corrected chi connectivity index (χ0v) is 15.0. The van der Waals surface area contributed by atoms with Gasteiger partial charge in [-0.1, -0.05) is 27.7 Å². The maximum absolute atomic E-state index is 13.3. The number of carbonyl (C=O) groups is 1. The van der Waals surface area contributed by atoms with Crippen LogP contribution in [0.4, 0.5) is 8.78 Å². The van der Waals surface area contributed by atoms with E-state index in [0.29, 0.717) is 0 Å². The Hall–Kier alpha value is -0.710. The highest BCUT2D eigenvalue weighted by molar-refractivity contribution is 5.78. The molecule has 1 amide bonds. The quantitative estimate of drug-likeness (QED) is 0.786. The molecule has 23 heavy (non-hydrogen) atoms. The first kappa shape index (κ1) is 18.6. The van der Waals surface area contributed by atoms with Gasteiger partial charge in [0.25, 0.3) is 6.43 Å². The van der Waals surface area contributed by atoms with Crippen LogP contribution in [0.3, 0.4) is 0 Å². The molecule has 134 valence electrons. The smallest absolute Gasteiger partial charge is 0.254 e. The van der Waals surface area contributed by atoms with Gasteiger partial charge in [0, 0.05) is 19.0 Å². The summed E-state index contributed by atoms with van der Waals surface area (Å²) in [5.41, 5.74) is 0.272. The van der Waals surface area contributed by atoms with Crippen molar-refractivity contribution in [2.75, 3.05) is 26.2 Å². The van der Waals surface area contributed by atoms with Crippen molar-refractivity contribution >= 4 is 5.91 Å². The molecule has 1 unspecified atom stereocenters. The Balaban J connectivity index is 1.89. The van der Waals surface area contributed by atoms with Gasteiger partial charge in [-0.2, -0.15) is 0 Å². The molecule has 0 aromatic rings. The zero-order chi connectivity index (χ0) is 17.2. The SMILES string of the molecule is CC(C)C(=O)N1CCC2(CC1)CCN(C(C(C)C)C(F)F)CC2. The Labute approximate surface area is 139 Å². The Morgan fingerprint density at radius 3 is 1.78 bits per heavy atom. The van der Waals surface area contributed by atoms with Gasteiger partial charge in [-0.05, 0) is 50.1 Å². The third-order valence-electron chi connectivity index (χ3n) is 5.85. The molecule has 2 rings (SSSR count). The molecule has 5 heteroatoms. The van der Waals surface area contributed by atoms with Crippen LogP contribution in [0.2, 0.25) is 0 Å². The topological polar surface area (TPSA) is 23.6 Å². The number of alkyl halides is 2. The second-order valence-corrected chi connectivity index (χ2v) is 8.09. The van der Waals surface area contributed by atoms with E-state index in [0.717, 1.165) is 51.9 Å². The van der Waals surface area contributed by atoms with Crippen LogP contribution in [0.1, 0.15) is 53.4 Å². The molecule has 0 aromatic heterocycles. The molecule has 2 heterocycles. The minimum Gasteiger partial charge on any atom is -0.342 e. The number of halogens is 2. The van der Waals surface area contributed by atoms with Gasteiger partial charge in [-0.15, -0.1) is 0 Å². The van der Waals surface area contributed by atoms with Crippen molar-refractivity contribution in [2.24, 2.45) is 17.3 Å². The van der Waals surface area contributed by atoms with Gasteiger partial charge in [-0.25, -0.2) is 8.78 Å². The Morgan fingerprint density at radius 2 is 1.39 bits per heavy atom. The van der Waals surface area contributed by atoms with Crippen molar-refractivity contribution in [1.29, 1.82) is 0 Å². The van der Waals surface area contributed by atoms with Crippen LogP contribution in [-0.4, -0.2) is 54.4 Å². The normalized spacial score (nSPS) is 24.0. The largest absolute Gasteiger partial charge is 0.342 e. The van der Waals surface area contributed by atoms with E-state index in [-0.39, 0.29) is 23.2 Å². The third-order valence-corrected chi connectivity index (χ3v) is 5.85. The first-order chi connectivity index (χ1) is 10.8. The van der Waals surface area contributed by atoms with Crippen LogP contribution < -0.4 is 0 Å². The fourth-order valence-corrected chi connectivity index (χ4v) is 4.24. The Morgan fingerprint density at radius 1 is 0.913 bits per heavy atom. The molecule has 0 bridgehead atoms. The fourth-order valence-electron chi connectivity index (χ4n) is 4.24. The number of amides is 1. The van der Waals surface area contributed by atoms with Crippen LogP contribution >= 0.6 is 0 Å². The van der Waals surface area contributed by atoms with Crippen LogP contribution in [0.5, 0.6) is 0 Å². The van der Waals surface area contributed by atoms with Gasteiger partial charge in [0.2, 0.25) is 5.91 Å². The van der Waals surface area contributed by atoms with E-state index in [9.17, 15) is 13.6 Å². The minimum absolute atomic E-state index is 0.0189. The Bertz CT molecular complexity index is 386. The van der Waals surface area contributed by atoms with E-state index in [2.05, 4.69) is 0 Å². The lowest BCUT2D eigenvalue weighted by Crippen LogP contribution is -2.53. The van der Waals surface area contributed by atoms with Crippen LogP contribution in [0.15, 0.2) is 0 Å². The first-order valence-electron chi connectivity index (χ1n) is 9.07. The summed E-state index contributed by atoms with van der Waals surface area (Å²) in [6, 6.07) is -0.616. The molecule has 0 aromatic carbocycles. The number of piperidine rings is 2. The highest BCUT2D eigenvalue weighted by Crippen LogP contribution is 2.42. The molecule has 0 radical (unpaired) electrons. The average Bonchev–Trinajstić information content (AvgIpc) is 2.49. The molecule has 3 nitrogen and oxygen atoms in total. The minimum atomic E-state index is -2.27. The molecule has 0 aliphatic carbocycles. The second kappa shape index (κ2) is 7.45. The summed E-state index contributed by atoms with van der Waals surface area (Å²) in [5.74, 6) is 0.285. The van der Waals surface area contributed by atoms with Gasteiger partial charge in [0.05, 0.1) is 6.04 Å². The maximum Gasteiger partial charge on any atom is 0.254 e. The van der Waals surface area contributed by atoms with Crippen molar-refractivity contribution < 1.29 is 13.6 Å². The Kier molecular flexibility index (Phi) is 6.04. The summed E-state index contributed by atoms with van der Waals surface area (Å²) in [4.78, 5) is 16.1. The lowest BCUT2D eigenvalue weighted by molar-refractivity contribution is -0.137. The number of hydrogen-bond acceptors (Lipinski definition) is 2. The molecular formula is C18H32F2N2O. The lowest BCUT2D eigenvalue weighted by atomic mass is 9.70. The van der Waals surface area contributed by atoms with Crippen LogP contribution in [0, 0.1) is 17.3 Å². The van der Waals surface area contributed by atoms with Crippen LogP contribution in [-0.2, 0) is 4.79 Å². The van der Waals surface area contributed by atoms with E-state index >= 15 is 0 Å². The molecule has 2 aliphatic heterocycles. The molecule has 2 saturated heterocycles. The van der Waals surface area contributed by atoms with E-state index < -0.39 is 12.5 Å². The number of nitrogens with zero attached hydrogens (tertiary/aromatic N) is 2. The average molecular weight is 330 g/mol. The van der Waals surface area contributed by atoms with Gasteiger partial charge in [-0.3, -0.25) is 9.69 Å². The monoisotopic (exact) mass is 330 g/mol. The van der Waals surface area contributed by atoms with Crippen molar-refractivity contribution in [2.45, 2.75) is 65.8 Å². The summed E-state index contributed by atoms with van der Waals surface area (Å²) >= 11 is 0. The third kappa shape index (κ3) is 4.23. The predicted octanol–water partition coefficient (Wildman–Crippen LogP) is 3.64. The summed E-state index contributed by atoms with van der Waals surface area (Å²) in [6.45, 7) is 10.9. The van der Waals surface area contributed by atoms with Crippen molar-refractivity contribution in [3.63, 3.8) is 0 Å². The first-order valence-corrected chi connectivity index (χ1v) is 9.07. The molecule has 0 saturated carbocycles. The van der Waals surface area contributed by atoms with Gasteiger partial charge < -0.3 is 4.90 Å². The fraction of sp³-hybridized carbons (Fsp3) is 0.944. The molecule has 2 fully saturated rings. The number of rotatable bonds is 4. The summed E-state index contributed by atoms with van der Waals surface area (Å²) in [5, 5.41) is 0. The molecular weight excluding hydrogens is 298 g/mol. The van der Waals surface area contributed by atoms with Gasteiger partial charge in [0.15, 0.2) is 0 Å². The van der Waals surface area contributed by atoms with Gasteiger partial charge in [0.1, 0.15) is 0 Å². The second-order valence-electron chi connectivity index (χ2n) is 8.09. The van der Waals surface area contributed by atoms with E-state index in [1.165, 1.54) is 0 Å². The number of carbonyl (C=O) groups excluding carboxylic acids is 1. The molecule has 1 spiro atoms. The molecule has 1 atom stereocenters. The zero-order valence-electron chi connectivity index (χ0n) is 15.0.